The molecule has 142 valence electrons. The van der Waals surface area contributed by atoms with E-state index < -0.39 is 0 Å². The van der Waals surface area contributed by atoms with Gasteiger partial charge in [-0.2, -0.15) is 0 Å². The highest BCUT2D eigenvalue weighted by atomic mass is 35.5. The summed E-state index contributed by atoms with van der Waals surface area (Å²) in [6.07, 6.45) is 3.49. The molecular formula is C18H24ClFN4OS. The van der Waals surface area contributed by atoms with Crippen molar-refractivity contribution in [3.8, 4) is 0 Å². The molecule has 5 nitrogen and oxygen atoms in total. The van der Waals surface area contributed by atoms with E-state index in [2.05, 4.69) is 15.2 Å². The zero-order chi connectivity index (χ0) is 17.8. The maximum absolute atomic E-state index is 13.6. The molecule has 0 radical (unpaired) electrons. The molecule has 1 amide bonds. The average molecular weight is 399 g/mol. The fourth-order valence-corrected chi connectivity index (χ4v) is 3.78. The van der Waals surface area contributed by atoms with E-state index in [0.29, 0.717) is 17.2 Å². The number of likely N-dealkylation sites (tertiary alicyclic amines) is 1. The molecule has 1 fully saturated rings. The summed E-state index contributed by atoms with van der Waals surface area (Å²) in [6.45, 7) is 4.71. The van der Waals surface area contributed by atoms with Gasteiger partial charge in [-0.1, -0.05) is 12.1 Å². The SMILES string of the molecule is Cc1ccc(CNC(=O)C2CCN(Cc3cnc(N)s3)CC2)cc1F.Cl. The van der Waals surface area contributed by atoms with Crippen LogP contribution in [-0.2, 0) is 17.9 Å². The standard InChI is InChI=1S/C18H23FN4OS.ClH/c1-12-2-3-13(8-16(12)19)9-21-17(24)14-4-6-23(7-5-14)11-15-10-22-18(20)25-15;/h2-3,8,10,14H,4-7,9,11H2,1H3,(H2,20,22)(H,21,24);1H. The zero-order valence-corrected chi connectivity index (χ0v) is 16.3. The number of hydrogen-bond acceptors (Lipinski definition) is 5. The van der Waals surface area contributed by atoms with Crippen LogP contribution in [0.2, 0.25) is 0 Å². The van der Waals surface area contributed by atoms with Crippen molar-refractivity contribution in [1.82, 2.24) is 15.2 Å². The van der Waals surface area contributed by atoms with Crippen LogP contribution in [0.5, 0.6) is 0 Å². The Labute approximate surface area is 163 Å². The highest BCUT2D eigenvalue weighted by Crippen LogP contribution is 2.22. The Hall–Kier alpha value is -1.70. The van der Waals surface area contributed by atoms with Crippen molar-refractivity contribution >= 4 is 34.8 Å². The molecule has 1 aromatic heterocycles. The predicted molar refractivity (Wildman–Crippen MR) is 105 cm³/mol. The molecule has 2 heterocycles. The molecule has 0 atom stereocenters. The van der Waals surface area contributed by atoms with E-state index in [4.69, 9.17) is 5.73 Å². The summed E-state index contributed by atoms with van der Waals surface area (Å²) < 4.78 is 13.6. The number of nitrogens with two attached hydrogens (primary N) is 1. The smallest absolute Gasteiger partial charge is 0.223 e. The van der Waals surface area contributed by atoms with E-state index in [1.807, 2.05) is 12.3 Å². The predicted octanol–water partition coefficient (Wildman–Crippen LogP) is 3.12. The number of carbonyl (C=O) groups is 1. The second kappa shape index (κ2) is 9.30. The molecule has 26 heavy (non-hydrogen) atoms. The third-order valence-corrected chi connectivity index (χ3v) is 5.42. The largest absolute Gasteiger partial charge is 0.375 e. The topological polar surface area (TPSA) is 71.2 Å². The minimum absolute atomic E-state index is 0. The van der Waals surface area contributed by atoms with Crippen LogP contribution in [-0.4, -0.2) is 28.9 Å². The van der Waals surface area contributed by atoms with Gasteiger partial charge in [0.15, 0.2) is 5.13 Å². The van der Waals surface area contributed by atoms with E-state index in [1.54, 1.807) is 13.0 Å². The number of benzene rings is 1. The van der Waals surface area contributed by atoms with Crippen molar-refractivity contribution in [3.63, 3.8) is 0 Å². The number of halogens is 2. The second-order valence-electron chi connectivity index (χ2n) is 6.52. The van der Waals surface area contributed by atoms with Crippen molar-refractivity contribution in [2.75, 3.05) is 18.8 Å². The summed E-state index contributed by atoms with van der Waals surface area (Å²) >= 11 is 1.51. The molecule has 0 spiro atoms. The van der Waals surface area contributed by atoms with Gasteiger partial charge >= 0.3 is 0 Å². The van der Waals surface area contributed by atoms with Crippen molar-refractivity contribution in [1.29, 1.82) is 0 Å². The zero-order valence-electron chi connectivity index (χ0n) is 14.7. The number of amides is 1. The van der Waals surface area contributed by atoms with Crippen LogP contribution in [0.15, 0.2) is 24.4 Å². The first kappa shape index (κ1) is 20.6. The van der Waals surface area contributed by atoms with Crippen molar-refractivity contribution in [2.45, 2.75) is 32.9 Å². The highest BCUT2D eigenvalue weighted by molar-refractivity contribution is 7.15. The minimum atomic E-state index is -0.233. The van der Waals surface area contributed by atoms with Gasteiger partial charge in [0.1, 0.15) is 5.82 Å². The Morgan fingerprint density at radius 3 is 2.77 bits per heavy atom. The maximum atomic E-state index is 13.6. The fourth-order valence-electron chi connectivity index (χ4n) is 3.05. The number of aromatic nitrogens is 1. The summed E-state index contributed by atoms with van der Waals surface area (Å²) in [6, 6.07) is 5.07. The van der Waals surface area contributed by atoms with Crippen LogP contribution >= 0.6 is 23.7 Å². The molecule has 1 aliphatic heterocycles. The lowest BCUT2D eigenvalue weighted by molar-refractivity contribution is -0.126. The fraction of sp³-hybridized carbons (Fsp3) is 0.444. The molecule has 0 unspecified atom stereocenters. The van der Waals surface area contributed by atoms with Crippen LogP contribution in [0.4, 0.5) is 9.52 Å². The molecule has 0 aliphatic carbocycles. The highest BCUT2D eigenvalue weighted by Gasteiger charge is 2.25. The van der Waals surface area contributed by atoms with Gasteiger partial charge < -0.3 is 11.1 Å². The van der Waals surface area contributed by atoms with Crippen LogP contribution in [0, 0.1) is 18.7 Å². The Morgan fingerprint density at radius 1 is 1.42 bits per heavy atom. The van der Waals surface area contributed by atoms with E-state index in [1.165, 1.54) is 17.4 Å². The van der Waals surface area contributed by atoms with Gasteiger partial charge in [-0.15, -0.1) is 23.7 Å². The number of anilines is 1. The quantitative estimate of drug-likeness (QED) is 0.811. The summed E-state index contributed by atoms with van der Waals surface area (Å²) in [5.74, 6) is -0.149. The molecule has 2 aromatic rings. The van der Waals surface area contributed by atoms with Gasteiger partial charge in [0.05, 0.1) is 0 Å². The van der Waals surface area contributed by atoms with Crippen molar-refractivity contribution < 1.29 is 9.18 Å². The Bertz CT molecular complexity index is 747. The summed E-state index contributed by atoms with van der Waals surface area (Å²) in [4.78, 5) is 19.9. The van der Waals surface area contributed by atoms with Crippen LogP contribution in [0.1, 0.15) is 28.8 Å². The molecule has 3 N–H and O–H groups in total. The van der Waals surface area contributed by atoms with Crippen LogP contribution in [0.3, 0.4) is 0 Å². The van der Waals surface area contributed by atoms with Gasteiger partial charge in [0.25, 0.3) is 0 Å². The lowest BCUT2D eigenvalue weighted by Gasteiger charge is -2.30. The van der Waals surface area contributed by atoms with Gasteiger partial charge in [0.2, 0.25) is 5.91 Å². The molecule has 8 heteroatoms. The molecule has 0 saturated carbocycles. The Morgan fingerprint density at radius 2 is 2.15 bits per heavy atom. The van der Waals surface area contributed by atoms with Gasteiger partial charge in [-0.25, -0.2) is 9.37 Å². The average Bonchev–Trinajstić information content (AvgIpc) is 3.01. The molecule has 1 aliphatic rings. The number of carbonyl (C=O) groups excluding carboxylic acids is 1. The monoisotopic (exact) mass is 398 g/mol. The van der Waals surface area contributed by atoms with E-state index in [-0.39, 0.29) is 30.0 Å². The van der Waals surface area contributed by atoms with E-state index >= 15 is 0 Å². The molecule has 1 saturated heterocycles. The first-order chi connectivity index (χ1) is 12.0. The number of thiazole rings is 1. The lowest BCUT2D eigenvalue weighted by Crippen LogP contribution is -2.39. The summed E-state index contributed by atoms with van der Waals surface area (Å²) in [5, 5.41) is 3.53. The first-order valence-corrected chi connectivity index (χ1v) is 9.28. The summed E-state index contributed by atoms with van der Waals surface area (Å²) in [7, 11) is 0. The molecule has 1 aromatic carbocycles. The van der Waals surface area contributed by atoms with Crippen molar-refractivity contribution in [2.24, 2.45) is 5.92 Å². The number of aryl methyl sites for hydroxylation is 1. The number of nitrogens with zero attached hydrogens (tertiary/aromatic N) is 2. The first-order valence-electron chi connectivity index (χ1n) is 8.46. The van der Waals surface area contributed by atoms with Gasteiger partial charge in [0, 0.05) is 30.1 Å². The summed E-state index contributed by atoms with van der Waals surface area (Å²) in [5.41, 5.74) is 7.06. The molecule has 3 rings (SSSR count). The minimum Gasteiger partial charge on any atom is -0.375 e. The lowest BCUT2D eigenvalue weighted by atomic mass is 9.96. The number of nitrogen functional groups attached to an aromatic ring is 1. The third kappa shape index (κ3) is 5.40. The Kier molecular flexibility index (Phi) is 7.37. The number of rotatable bonds is 5. The molecular weight excluding hydrogens is 375 g/mol. The third-order valence-electron chi connectivity index (χ3n) is 4.61. The maximum Gasteiger partial charge on any atom is 0.223 e. The van der Waals surface area contributed by atoms with Crippen LogP contribution < -0.4 is 11.1 Å². The van der Waals surface area contributed by atoms with E-state index in [0.717, 1.165) is 42.9 Å². The van der Waals surface area contributed by atoms with Crippen molar-refractivity contribution in [3.05, 3.63) is 46.2 Å². The molecule has 0 bridgehead atoms. The number of nitrogens with one attached hydrogen (secondary N) is 1. The van der Waals surface area contributed by atoms with Gasteiger partial charge in [-0.05, 0) is 50.0 Å². The number of hydrogen-bond donors (Lipinski definition) is 2. The van der Waals surface area contributed by atoms with Gasteiger partial charge in [-0.3, -0.25) is 9.69 Å². The van der Waals surface area contributed by atoms with Crippen LogP contribution in [0.25, 0.3) is 0 Å². The van der Waals surface area contributed by atoms with E-state index in [9.17, 15) is 9.18 Å². The number of piperidine rings is 1. The second-order valence-corrected chi connectivity index (χ2v) is 7.66. The Balaban J connectivity index is 0.00000243. The normalized spacial score (nSPS) is 15.5.